The van der Waals surface area contributed by atoms with Gasteiger partial charge in [-0.05, 0) is 59.6 Å². The second-order valence-corrected chi connectivity index (χ2v) is 8.09. The molecular weight excluding hydrogens is 451 g/mol. The summed E-state index contributed by atoms with van der Waals surface area (Å²) >= 11 is 17.5. The van der Waals surface area contributed by atoms with Crippen LogP contribution in [0.4, 0.5) is 5.82 Å². The Balaban J connectivity index is 1.47. The van der Waals surface area contributed by atoms with E-state index < -0.39 is 0 Å². The van der Waals surface area contributed by atoms with Crippen molar-refractivity contribution in [2.45, 2.75) is 6.42 Å². The van der Waals surface area contributed by atoms with Gasteiger partial charge in [-0.15, -0.1) is 0 Å². The Hall–Kier alpha value is -2.93. The highest BCUT2D eigenvalue weighted by atomic mass is 35.5. The summed E-state index contributed by atoms with van der Waals surface area (Å²) in [5.74, 6) is 0.413. The number of benzene rings is 3. The van der Waals surface area contributed by atoms with Gasteiger partial charge in [-0.3, -0.25) is 4.98 Å². The fraction of sp³-hybridized carbons (Fsp3) is 0.0870. The summed E-state index contributed by atoms with van der Waals surface area (Å²) in [7, 11) is 0. The lowest BCUT2D eigenvalue weighted by atomic mass is 10.0. The molecule has 8 heteroatoms. The monoisotopic (exact) mass is 468 g/mol. The molecule has 1 heterocycles. The minimum atomic E-state index is -0.132. The largest absolute Gasteiger partial charge is 0.505 e. The van der Waals surface area contributed by atoms with Crippen LogP contribution >= 0.6 is 35.4 Å². The molecule has 0 unspecified atom stereocenters. The van der Waals surface area contributed by atoms with Gasteiger partial charge in [-0.2, -0.15) is 0 Å². The third-order valence-corrected chi connectivity index (χ3v) is 5.50. The van der Waals surface area contributed by atoms with Crippen molar-refractivity contribution >= 4 is 57.4 Å². The minimum Gasteiger partial charge on any atom is -0.505 e. The van der Waals surface area contributed by atoms with Crippen molar-refractivity contribution < 1.29 is 5.11 Å². The van der Waals surface area contributed by atoms with Crippen LogP contribution in [0.1, 0.15) is 5.56 Å². The molecule has 0 aliphatic heterocycles. The summed E-state index contributed by atoms with van der Waals surface area (Å²) in [6.07, 6.45) is 2.51. The molecule has 0 saturated heterocycles. The van der Waals surface area contributed by atoms with E-state index >= 15 is 0 Å². The lowest BCUT2D eigenvalue weighted by Crippen LogP contribution is -2.30. The zero-order valence-electron chi connectivity index (χ0n) is 16.3. The van der Waals surface area contributed by atoms with Crippen LogP contribution in [0.3, 0.4) is 0 Å². The lowest BCUT2D eigenvalue weighted by Gasteiger charge is -2.11. The first-order chi connectivity index (χ1) is 15.0. The maximum Gasteiger partial charge on any atom is 0.171 e. The summed E-state index contributed by atoms with van der Waals surface area (Å²) in [6, 6.07) is 19.2. The van der Waals surface area contributed by atoms with Crippen LogP contribution in [0.5, 0.6) is 5.75 Å². The highest BCUT2D eigenvalue weighted by Crippen LogP contribution is 2.36. The average molecular weight is 469 g/mol. The van der Waals surface area contributed by atoms with Gasteiger partial charge in [0.25, 0.3) is 0 Å². The molecule has 0 aliphatic rings. The molecular formula is C23H18Cl2N4OS. The van der Waals surface area contributed by atoms with E-state index in [9.17, 15) is 5.11 Å². The molecule has 1 aromatic heterocycles. The molecule has 0 amide bonds. The van der Waals surface area contributed by atoms with Crippen LogP contribution in [-0.4, -0.2) is 26.7 Å². The number of aromatic hydroxyl groups is 1. The van der Waals surface area contributed by atoms with Crippen molar-refractivity contribution in [3.63, 3.8) is 0 Å². The van der Waals surface area contributed by atoms with Gasteiger partial charge < -0.3 is 15.7 Å². The maximum atomic E-state index is 9.78. The topological polar surface area (TPSA) is 70.1 Å². The number of phenols is 1. The molecule has 5 nitrogen and oxygen atoms in total. The van der Waals surface area contributed by atoms with Crippen molar-refractivity contribution in [2.24, 2.45) is 0 Å². The van der Waals surface area contributed by atoms with Gasteiger partial charge in [0.05, 0.1) is 27.3 Å². The van der Waals surface area contributed by atoms with Crippen LogP contribution in [-0.2, 0) is 6.42 Å². The van der Waals surface area contributed by atoms with Crippen LogP contribution in [0, 0.1) is 0 Å². The van der Waals surface area contributed by atoms with Crippen molar-refractivity contribution in [1.29, 1.82) is 0 Å². The summed E-state index contributed by atoms with van der Waals surface area (Å²) in [5.41, 5.74) is 4.30. The fourth-order valence-electron chi connectivity index (χ4n) is 3.11. The molecule has 0 atom stereocenters. The second-order valence-electron chi connectivity index (χ2n) is 6.86. The van der Waals surface area contributed by atoms with Gasteiger partial charge >= 0.3 is 0 Å². The lowest BCUT2D eigenvalue weighted by molar-refractivity contribution is 0.476. The van der Waals surface area contributed by atoms with Crippen molar-refractivity contribution in [3.8, 4) is 16.9 Å². The number of halogens is 2. The summed E-state index contributed by atoms with van der Waals surface area (Å²) in [6.45, 7) is 0.712. The van der Waals surface area contributed by atoms with E-state index in [0.717, 1.165) is 23.1 Å². The molecule has 4 rings (SSSR count). The number of phenolic OH excluding ortho intramolecular Hbond substituents is 1. The van der Waals surface area contributed by atoms with E-state index in [2.05, 4.69) is 32.7 Å². The Bertz CT molecular complexity index is 1230. The van der Waals surface area contributed by atoms with E-state index in [1.807, 2.05) is 36.4 Å². The van der Waals surface area contributed by atoms with E-state index in [4.69, 9.17) is 35.4 Å². The highest BCUT2D eigenvalue weighted by molar-refractivity contribution is 7.80. The number of thiocarbonyl (C=S) groups is 1. The van der Waals surface area contributed by atoms with Crippen LogP contribution < -0.4 is 10.6 Å². The molecule has 0 radical (unpaired) electrons. The Morgan fingerprint density at radius 1 is 0.935 bits per heavy atom. The molecule has 0 aliphatic carbocycles. The molecule has 31 heavy (non-hydrogen) atoms. The molecule has 3 N–H and O–H groups in total. The molecule has 0 fully saturated rings. The zero-order chi connectivity index (χ0) is 21.8. The Labute approximate surface area is 195 Å². The van der Waals surface area contributed by atoms with Crippen molar-refractivity contribution in [2.75, 3.05) is 11.9 Å². The summed E-state index contributed by atoms with van der Waals surface area (Å²) in [5, 5.41) is 16.9. The van der Waals surface area contributed by atoms with Gasteiger partial charge in [0.1, 0.15) is 0 Å². The van der Waals surface area contributed by atoms with Crippen LogP contribution in [0.25, 0.3) is 22.2 Å². The zero-order valence-corrected chi connectivity index (χ0v) is 18.6. The van der Waals surface area contributed by atoms with Crippen molar-refractivity contribution in [1.82, 2.24) is 15.3 Å². The van der Waals surface area contributed by atoms with Gasteiger partial charge in [-0.1, -0.05) is 59.6 Å². The van der Waals surface area contributed by atoms with E-state index in [1.54, 1.807) is 18.3 Å². The fourth-order valence-corrected chi connectivity index (χ4v) is 3.80. The number of nitrogens with zero attached hydrogens (tertiary/aromatic N) is 2. The average Bonchev–Trinajstić information content (AvgIpc) is 2.77. The predicted molar refractivity (Wildman–Crippen MR) is 131 cm³/mol. The molecule has 156 valence electrons. The summed E-state index contributed by atoms with van der Waals surface area (Å²) in [4.78, 5) is 9.06. The standard InChI is InChI=1S/C23H18Cl2N4OS/c24-17-10-16(11-18(25)22(17)30)15-6-7-19-20(12-15)28-21(13-27-19)29-23(31)26-9-8-14-4-2-1-3-5-14/h1-7,10-13,30H,8-9H2,(H2,26,28,29,31). The number of aromatic nitrogens is 2. The number of fused-ring (bicyclic) bond motifs is 1. The van der Waals surface area contributed by atoms with Gasteiger partial charge in [0.2, 0.25) is 0 Å². The molecule has 4 aromatic rings. The first-order valence-corrected chi connectivity index (χ1v) is 10.7. The number of hydrogen-bond acceptors (Lipinski definition) is 4. The van der Waals surface area contributed by atoms with Gasteiger partial charge in [-0.25, -0.2) is 4.98 Å². The Morgan fingerprint density at radius 2 is 1.68 bits per heavy atom. The van der Waals surface area contributed by atoms with E-state index in [-0.39, 0.29) is 15.8 Å². The number of anilines is 1. The second kappa shape index (κ2) is 9.47. The first kappa shape index (κ1) is 21.3. The van der Waals surface area contributed by atoms with Crippen LogP contribution in [0.15, 0.2) is 66.9 Å². The first-order valence-electron chi connectivity index (χ1n) is 9.53. The predicted octanol–water partition coefficient (Wildman–Crippen LogP) is 5.84. The van der Waals surface area contributed by atoms with Gasteiger partial charge in [0, 0.05) is 6.54 Å². The molecule has 0 bridgehead atoms. The summed E-state index contributed by atoms with van der Waals surface area (Å²) < 4.78 is 0. The van der Waals surface area contributed by atoms with E-state index in [1.165, 1.54) is 5.56 Å². The normalized spacial score (nSPS) is 10.8. The maximum absolute atomic E-state index is 9.78. The third-order valence-electron chi connectivity index (χ3n) is 4.68. The Kier molecular flexibility index (Phi) is 6.51. The number of nitrogens with one attached hydrogen (secondary N) is 2. The highest BCUT2D eigenvalue weighted by Gasteiger charge is 2.10. The SMILES string of the molecule is Oc1c(Cl)cc(-c2ccc3ncc(NC(=S)NCCc4ccccc4)nc3c2)cc1Cl. The smallest absolute Gasteiger partial charge is 0.171 e. The third kappa shape index (κ3) is 5.22. The Morgan fingerprint density at radius 3 is 2.42 bits per heavy atom. The van der Waals surface area contributed by atoms with Crippen LogP contribution in [0.2, 0.25) is 10.0 Å². The number of hydrogen-bond donors (Lipinski definition) is 3. The molecule has 0 spiro atoms. The number of rotatable bonds is 5. The van der Waals surface area contributed by atoms with E-state index in [0.29, 0.717) is 23.0 Å². The molecule has 0 saturated carbocycles. The van der Waals surface area contributed by atoms with Gasteiger partial charge in [0.15, 0.2) is 16.7 Å². The quantitative estimate of drug-likeness (QED) is 0.319. The molecule has 3 aromatic carbocycles. The minimum absolute atomic E-state index is 0.132. The van der Waals surface area contributed by atoms with Crippen molar-refractivity contribution in [3.05, 3.63) is 82.5 Å².